The van der Waals surface area contributed by atoms with Crippen molar-refractivity contribution in [3.63, 3.8) is 0 Å². The molecule has 84 valence electrons. The lowest BCUT2D eigenvalue weighted by atomic mass is 9.65. The molecule has 0 radical (unpaired) electrons. The minimum absolute atomic E-state index is 0.338. The van der Waals surface area contributed by atoms with Crippen molar-refractivity contribution in [3.05, 3.63) is 34.9 Å². The van der Waals surface area contributed by atoms with E-state index in [9.17, 15) is 17.6 Å². The van der Waals surface area contributed by atoms with Crippen LogP contribution >= 0.6 is 0 Å². The summed E-state index contributed by atoms with van der Waals surface area (Å²) in [5.41, 5.74) is -1.57. The maximum Gasteiger partial charge on any atom is 0.197 e. The lowest BCUT2D eigenvalue weighted by Gasteiger charge is -2.35. The molecule has 5 heteroatoms. The van der Waals surface area contributed by atoms with Crippen LogP contribution in [0.2, 0.25) is 0 Å². The third kappa shape index (κ3) is 1.29. The number of benzene rings is 1. The highest BCUT2D eigenvalue weighted by Gasteiger charge is 2.42. The maximum atomic E-state index is 13.4. The van der Waals surface area contributed by atoms with Crippen molar-refractivity contribution >= 4 is 0 Å². The molecular weight excluding hydrogens is 222 g/mol. The summed E-state index contributed by atoms with van der Waals surface area (Å²) in [5.74, 6) is -6.61. The van der Waals surface area contributed by atoms with Gasteiger partial charge in [-0.2, -0.15) is 5.26 Å². The Hall–Kier alpha value is -1.57. The summed E-state index contributed by atoms with van der Waals surface area (Å²) in [5, 5.41) is 8.91. The van der Waals surface area contributed by atoms with Crippen LogP contribution in [-0.2, 0) is 5.41 Å². The Morgan fingerprint density at radius 3 is 2.12 bits per heavy atom. The first-order valence-electron chi connectivity index (χ1n) is 4.76. The van der Waals surface area contributed by atoms with Crippen molar-refractivity contribution in [1.82, 2.24) is 0 Å². The summed E-state index contributed by atoms with van der Waals surface area (Å²) in [7, 11) is 0. The molecule has 1 aliphatic carbocycles. The molecule has 1 aliphatic rings. The van der Waals surface area contributed by atoms with Crippen molar-refractivity contribution < 1.29 is 17.6 Å². The van der Waals surface area contributed by atoms with E-state index >= 15 is 0 Å². The number of rotatable bonds is 1. The number of nitriles is 1. The molecule has 0 unspecified atom stereocenters. The van der Waals surface area contributed by atoms with Gasteiger partial charge in [0.25, 0.3) is 0 Å². The van der Waals surface area contributed by atoms with Crippen LogP contribution in [-0.4, -0.2) is 0 Å². The third-order valence-corrected chi connectivity index (χ3v) is 3.04. The van der Waals surface area contributed by atoms with Crippen LogP contribution in [0.1, 0.15) is 24.8 Å². The van der Waals surface area contributed by atoms with E-state index in [1.807, 2.05) is 6.07 Å². The van der Waals surface area contributed by atoms with Gasteiger partial charge in [0.1, 0.15) is 0 Å². The smallest absolute Gasteiger partial charge is 0.197 e. The number of hydrogen-bond donors (Lipinski definition) is 0. The molecule has 1 fully saturated rings. The molecule has 0 heterocycles. The fourth-order valence-corrected chi connectivity index (χ4v) is 1.89. The molecule has 1 aromatic rings. The number of nitrogens with zero attached hydrogens (tertiary/aromatic N) is 1. The van der Waals surface area contributed by atoms with Gasteiger partial charge in [-0.05, 0) is 25.3 Å². The average molecular weight is 229 g/mol. The fourth-order valence-electron chi connectivity index (χ4n) is 1.89. The van der Waals surface area contributed by atoms with E-state index in [0.717, 1.165) is 0 Å². The molecule has 1 saturated carbocycles. The first-order valence-corrected chi connectivity index (χ1v) is 4.76. The first kappa shape index (κ1) is 10.9. The zero-order chi connectivity index (χ0) is 11.9. The number of hydrogen-bond acceptors (Lipinski definition) is 1. The normalized spacial score (nSPS) is 17.7. The minimum atomic E-state index is -1.85. The largest absolute Gasteiger partial charge is 0.204 e. The van der Waals surface area contributed by atoms with E-state index in [1.54, 1.807) is 0 Å². The van der Waals surface area contributed by atoms with Crippen molar-refractivity contribution in [3.8, 4) is 6.07 Å². The topological polar surface area (TPSA) is 23.8 Å². The van der Waals surface area contributed by atoms with Gasteiger partial charge < -0.3 is 0 Å². The van der Waals surface area contributed by atoms with Crippen molar-refractivity contribution in [2.75, 3.05) is 0 Å². The van der Waals surface area contributed by atoms with Crippen molar-refractivity contribution in [2.24, 2.45) is 0 Å². The van der Waals surface area contributed by atoms with Gasteiger partial charge in [0, 0.05) is 5.56 Å². The molecular formula is C11H7F4N. The highest BCUT2D eigenvalue weighted by Crippen LogP contribution is 2.44. The van der Waals surface area contributed by atoms with Crippen LogP contribution in [0.3, 0.4) is 0 Å². The molecule has 0 aliphatic heterocycles. The van der Waals surface area contributed by atoms with E-state index < -0.39 is 28.7 Å². The van der Waals surface area contributed by atoms with Crippen LogP contribution in [0.5, 0.6) is 0 Å². The Morgan fingerprint density at radius 2 is 1.69 bits per heavy atom. The number of halogens is 4. The van der Waals surface area contributed by atoms with Crippen LogP contribution in [0.25, 0.3) is 0 Å². The summed E-state index contributed by atoms with van der Waals surface area (Å²) in [6, 6.07) is 2.43. The summed E-state index contributed by atoms with van der Waals surface area (Å²) in [6.45, 7) is 0. The molecule has 0 bridgehead atoms. The van der Waals surface area contributed by atoms with Gasteiger partial charge >= 0.3 is 0 Å². The Bertz CT molecular complexity index is 486. The standard InChI is InChI=1S/C11H7F4N/c12-7-4-6(8(13)10(15)9(7)14)11(5-16)2-1-3-11/h4H,1-3H2. The second-order valence-electron chi connectivity index (χ2n) is 3.90. The monoisotopic (exact) mass is 229 g/mol. The van der Waals surface area contributed by atoms with Gasteiger partial charge in [0.15, 0.2) is 23.3 Å². The predicted octanol–water partition coefficient (Wildman–Crippen LogP) is 3.19. The van der Waals surface area contributed by atoms with Crippen LogP contribution in [0, 0.1) is 34.6 Å². The van der Waals surface area contributed by atoms with Gasteiger partial charge in [-0.25, -0.2) is 17.6 Å². The third-order valence-electron chi connectivity index (χ3n) is 3.04. The van der Waals surface area contributed by atoms with Gasteiger partial charge in [0.05, 0.1) is 11.5 Å². The molecule has 0 amide bonds. The zero-order valence-corrected chi connectivity index (χ0v) is 8.16. The van der Waals surface area contributed by atoms with Crippen LogP contribution in [0.4, 0.5) is 17.6 Å². The second-order valence-corrected chi connectivity index (χ2v) is 3.90. The molecule has 0 saturated heterocycles. The highest BCUT2D eigenvalue weighted by atomic mass is 19.2. The molecule has 0 spiro atoms. The van der Waals surface area contributed by atoms with E-state index in [0.29, 0.717) is 25.3 Å². The SMILES string of the molecule is N#CC1(c2cc(F)c(F)c(F)c2F)CCC1. The van der Waals surface area contributed by atoms with Gasteiger partial charge in [-0.1, -0.05) is 0 Å². The van der Waals surface area contributed by atoms with Gasteiger partial charge in [-0.15, -0.1) is 0 Å². The second kappa shape index (κ2) is 3.48. The first-order chi connectivity index (χ1) is 7.52. The molecule has 1 aromatic carbocycles. The van der Waals surface area contributed by atoms with Crippen LogP contribution < -0.4 is 0 Å². The van der Waals surface area contributed by atoms with Crippen molar-refractivity contribution in [1.29, 1.82) is 5.26 Å². The van der Waals surface area contributed by atoms with E-state index in [1.165, 1.54) is 0 Å². The summed E-state index contributed by atoms with van der Waals surface area (Å²) in [4.78, 5) is 0. The summed E-state index contributed by atoms with van der Waals surface area (Å²) in [6.07, 6.45) is 1.36. The van der Waals surface area contributed by atoms with Gasteiger partial charge in [-0.3, -0.25) is 0 Å². The Labute approximate surface area is 89.3 Å². The Morgan fingerprint density at radius 1 is 1.06 bits per heavy atom. The predicted molar refractivity (Wildman–Crippen MR) is 47.4 cm³/mol. The quantitative estimate of drug-likeness (QED) is 0.412. The zero-order valence-electron chi connectivity index (χ0n) is 8.16. The Kier molecular flexibility index (Phi) is 2.38. The molecule has 2 rings (SSSR count). The highest BCUT2D eigenvalue weighted by molar-refractivity contribution is 5.37. The minimum Gasteiger partial charge on any atom is -0.204 e. The molecule has 1 nitrogen and oxygen atoms in total. The molecule has 0 atom stereocenters. The summed E-state index contributed by atoms with van der Waals surface area (Å²) < 4.78 is 52.1. The van der Waals surface area contributed by atoms with Crippen LogP contribution in [0.15, 0.2) is 6.07 Å². The maximum absolute atomic E-state index is 13.4. The fraction of sp³-hybridized carbons (Fsp3) is 0.364. The van der Waals surface area contributed by atoms with E-state index in [4.69, 9.17) is 5.26 Å². The molecule has 0 aromatic heterocycles. The van der Waals surface area contributed by atoms with E-state index in [2.05, 4.69) is 0 Å². The lowest BCUT2D eigenvalue weighted by molar-refractivity contribution is 0.301. The Balaban J connectivity index is 2.63. The molecule has 16 heavy (non-hydrogen) atoms. The molecule has 0 N–H and O–H groups in total. The van der Waals surface area contributed by atoms with E-state index in [-0.39, 0.29) is 5.56 Å². The van der Waals surface area contributed by atoms with Gasteiger partial charge in [0.2, 0.25) is 0 Å². The average Bonchev–Trinajstić information content (AvgIpc) is 2.21. The lowest BCUT2D eigenvalue weighted by Crippen LogP contribution is -2.34. The van der Waals surface area contributed by atoms with Crippen molar-refractivity contribution in [2.45, 2.75) is 24.7 Å². The summed E-state index contributed by atoms with van der Waals surface area (Å²) >= 11 is 0.